The van der Waals surface area contributed by atoms with E-state index < -0.39 is 5.60 Å². The molecular formula is C19H20O. The molecule has 0 bridgehead atoms. The first kappa shape index (κ1) is 13.1. The lowest BCUT2D eigenvalue weighted by Gasteiger charge is -2.33. The summed E-state index contributed by atoms with van der Waals surface area (Å²) in [6.07, 6.45) is 2.26. The lowest BCUT2D eigenvalue weighted by molar-refractivity contribution is -0.0541. The molecule has 0 aromatic heterocycles. The molecule has 1 aliphatic heterocycles. The van der Waals surface area contributed by atoms with Crippen LogP contribution in [0.25, 0.3) is 0 Å². The van der Waals surface area contributed by atoms with Gasteiger partial charge in [0.25, 0.3) is 0 Å². The third kappa shape index (κ3) is 1.99. The first-order chi connectivity index (χ1) is 9.55. The Hall–Kier alpha value is -1.86. The molecule has 0 amide bonds. The molecule has 0 radical (unpaired) electrons. The quantitative estimate of drug-likeness (QED) is 0.715. The minimum absolute atomic E-state index is 0.244. The maximum atomic E-state index is 6.53. The summed E-state index contributed by atoms with van der Waals surface area (Å²) >= 11 is 0. The zero-order valence-electron chi connectivity index (χ0n) is 12.3. The first-order valence-corrected chi connectivity index (χ1v) is 7.06. The van der Waals surface area contributed by atoms with Gasteiger partial charge in [-0.15, -0.1) is 0 Å². The molecule has 1 nitrogen and oxygen atoms in total. The Morgan fingerprint density at radius 1 is 0.750 bits per heavy atom. The predicted octanol–water partition coefficient (Wildman–Crippen LogP) is 4.69. The highest BCUT2D eigenvalue weighted by molar-refractivity contribution is 5.46. The second kappa shape index (κ2) is 4.60. The summed E-state index contributed by atoms with van der Waals surface area (Å²) in [5.74, 6) is 0. The summed E-state index contributed by atoms with van der Waals surface area (Å²) in [5, 5.41) is 0. The van der Waals surface area contributed by atoms with Crippen LogP contribution in [0.3, 0.4) is 0 Å². The van der Waals surface area contributed by atoms with E-state index in [9.17, 15) is 0 Å². The van der Waals surface area contributed by atoms with Crippen molar-refractivity contribution in [2.75, 3.05) is 0 Å². The molecule has 0 spiro atoms. The summed E-state index contributed by atoms with van der Waals surface area (Å²) in [4.78, 5) is 0. The zero-order valence-corrected chi connectivity index (χ0v) is 12.3. The minimum atomic E-state index is -0.476. The molecule has 1 heteroatoms. The van der Waals surface area contributed by atoms with E-state index in [4.69, 9.17) is 4.74 Å². The maximum absolute atomic E-state index is 6.53. The van der Waals surface area contributed by atoms with Gasteiger partial charge < -0.3 is 4.74 Å². The van der Waals surface area contributed by atoms with Crippen LogP contribution in [-0.2, 0) is 10.3 Å². The van der Waals surface area contributed by atoms with Gasteiger partial charge in [0, 0.05) is 0 Å². The van der Waals surface area contributed by atoms with E-state index in [1.165, 1.54) is 16.7 Å². The Labute approximate surface area is 120 Å². The number of hydrogen-bond acceptors (Lipinski definition) is 1. The van der Waals surface area contributed by atoms with E-state index >= 15 is 0 Å². The van der Waals surface area contributed by atoms with Gasteiger partial charge in [-0.2, -0.15) is 0 Å². The van der Waals surface area contributed by atoms with Gasteiger partial charge in [-0.05, 0) is 43.5 Å². The van der Waals surface area contributed by atoms with Gasteiger partial charge >= 0.3 is 0 Å². The molecule has 0 atom stereocenters. The zero-order chi connectivity index (χ0) is 14.2. The van der Waals surface area contributed by atoms with Crippen LogP contribution in [0.15, 0.2) is 72.3 Å². The van der Waals surface area contributed by atoms with Crippen molar-refractivity contribution in [2.45, 2.75) is 32.0 Å². The Kier molecular flexibility index (Phi) is 3.02. The van der Waals surface area contributed by atoms with Gasteiger partial charge in [0.05, 0.1) is 5.60 Å². The van der Waals surface area contributed by atoms with Crippen LogP contribution >= 0.6 is 0 Å². The molecule has 1 aliphatic rings. The van der Waals surface area contributed by atoms with Crippen LogP contribution in [-0.4, -0.2) is 5.60 Å². The molecule has 2 aromatic carbocycles. The molecular weight excluding hydrogens is 244 g/mol. The van der Waals surface area contributed by atoms with Gasteiger partial charge in [-0.25, -0.2) is 0 Å². The van der Waals surface area contributed by atoms with E-state index in [1.807, 2.05) is 12.1 Å². The SMILES string of the molecule is CC1=CC(c2ccccc2)(c2ccccc2)OC1(C)C. The van der Waals surface area contributed by atoms with Gasteiger partial charge in [0.1, 0.15) is 5.60 Å². The van der Waals surface area contributed by atoms with Crippen LogP contribution < -0.4 is 0 Å². The van der Waals surface area contributed by atoms with Crippen molar-refractivity contribution >= 4 is 0 Å². The second-order valence-corrected chi connectivity index (χ2v) is 5.91. The maximum Gasteiger partial charge on any atom is 0.138 e. The molecule has 2 aromatic rings. The van der Waals surface area contributed by atoms with Crippen molar-refractivity contribution in [3.8, 4) is 0 Å². The smallest absolute Gasteiger partial charge is 0.138 e. The topological polar surface area (TPSA) is 9.23 Å². The largest absolute Gasteiger partial charge is 0.351 e. The van der Waals surface area contributed by atoms with Crippen LogP contribution in [0, 0.1) is 0 Å². The lowest BCUT2D eigenvalue weighted by atomic mass is 9.86. The number of rotatable bonds is 2. The Balaban J connectivity index is 2.21. The van der Waals surface area contributed by atoms with Gasteiger partial charge in [-0.1, -0.05) is 60.7 Å². The van der Waals surface area contributed by atoms with Crippen molar-refractivity contribution < 1.29 is 4.74 Å². The van der Waals surface area contributed by atoms with Gasteiger partial charge in [0.15, 0.2) is 0 Å². The summed E-state index contributed by atoms with van der Waals surface area (Å²) in [6.45, 7) is 6.41. The molecule has 0 N–H and O–H groups in total. The predicted molar refractivity (Wildman–Crippen MR) is 82.6 cm³/mol. The Morgan fingerprint density at radius 3 is 1.55 bits per heavy atom. The summed E-state index contributed by atoms with van der Waals surface area (Å²) < 4.78 is 6.53. The summed E-state index contributed by atoms with van der Waals surface area (Å²) in [5.41, 5.74) is 2.90. The molecule has 102 valence electrons. The van der Waals surface area contributed by atoms with Crippen molar-refractivity contribution in [3.63, 3.8) is 0 Å². The highest BCUT2D eigenvalue weighted by Crippen LogP contribution is 2.47. The highest BCUT2D eigenvalue weighted by atomic mass is 16.5. The standard InChI is InChI=1S/C19H20O/c1-15-14-19(20-18(15,2)3,16-10-6-4-7-11-16)17-12-8-5-9-13-17/h4-14H,1-3H3. The molecule has 0 fully saturated rings. The fraction of sp³-hybridized carbons (Fsp3) is 0.263. The number of hydrogen-bond donors (Lipinski definition) is 0. The second-order valence-electron chi connectivity index (χ2n) is 5.91. The molecule has 20 heavy (non-hydrogen) atoms. The van der Waals surface area contributed by atoms with Crippen molar-refractivity contribution in [3.05, 3.63) is 83.4 Å². The fourth-order valence-corrected chi connectivity index (χ4v) is 2.81. The van der Waals surface area contributed by atoms with Crippen molar-refractivity contribution in [2.24, 2.45) is 0 Å². The van der Waals surface area contributed by atoms with E-state index in [0.717, 1.165) is 0 Å². The fourth-order valence-electron chi connectivity index (χ4n) is 2.81. The monoisotopic (exact) mass is 264 g/mol. The average Bonchev–Trinajstić information content (AvgIpc) is 2.72. The molecule has 0 unspecified atom stereocenters. The molecule has 3 rings (SSSR count). The van der Waals surface area contributed by atoms with E-state index in [2.05, 4.69) is 75.4 Å². The first-order valence-electron chi connectivity index (χ1n) is 7.06. The number of benzene rings is 2. The van der Waals surface area contributed by atoms with E-state index in [0.29, 0.717) is 0 Å². The normalized spacial score (nSPS) is 19.6. The Morgan fingerprint density at radius 2 is 1.20 bits per heavy atom. The molecule has 1 heterocycles. The third-order valence-electron chi connectivity index (χ3n) is 4.19. The average molecular weight is 264 g/mol. The summed E-state index contributed by atoms with van der Waals surface area (Å²) in [7, 11) is 0. The molecule has 0 saturated heterocycles. The Bertz CT molecular complexity index is 584. The van der Waals surface area contributed by atoms with E-state index in [1.54, 1.807) is 0 Å². The third-order valence-corrected chi connectivity index (χ3v) is 4.19. The van der Waals surface area contributed by atoms with Crippen molar-refractivity contribution in [1.82, 2.24) is 0 Å². The van der Waals surface area contributed by atoms with Crippen LogP contribution in [0.1, 0.15) is 31.9 Å². The number of ether oxygens (including phenoxy) is 1. The summed E-state index contributed by atoms with van der Waals surface area (Å²) in [6, 6.07) is 20.9. The van der Waals surface area contributed by atoms with Crippen molar-refractivity contribution in [1.29, 1.82) is 0 Å². The minimum Gasteiger partial charge on any atom is -0.351 e. The van der Waals surface area contributed by atoms with Crippen LogP contribution in [0.2, 0.25) is 0 Å². The molecule has 0 saturated carbocycles. The molecule has 0 aliphatic carbocycles. The highest BCUT2D eigenvalue weighted by Gasteiger charge is 2.45. The van der Waals surface area contributed by atoms with Gasteiger partial charge in [0.2, 0.25) is 0 Å². The van der Waals surface area contributed by atoms with Crippen LogP contribution in [0.4, 0.5) is 0 Å². The van der Waals surface area contributed by atoms with Gasteiger partial charge in [-0.3, -0.25) is 0 Å². The van der Waals surface area contributed by atoms with Crippen LogP contribution in [0.5, 0.6) is 0 Å². The van der Waals surface area contributed by atoms with E-state index in [-0.39, 0.29) is 5.60 Å². The lowest BCUT2D eigenvalue weighted by Crippen LogP contribution is -2.32.